The predicted molar refractivity (Wildman–Crippen MR) is 104 cm³/mol. The lowest BCUT2D eigenvalue weighted by molar-refractivity contribution is 0.101. The standard InChI is InChI=1S/C19H21N3O4S/c1-13(23)14-3-5-15(6-4-14)21-19(24)18-11-16(7-9-20-18)22(2)17-8-10-27(25,26)12-17/h3-7,9,11,17H,8,10,12H2,1-2H3,(H,21,24). The van der Waals surface area contributed by atoms with Gasteiger partial charge in [0.25, 0.3) is 5.91 Å². The van der Waals surface area contributed by atoms with Crippen LogP contribution in [0.2, 0.25) is 0 Å². The molecule has 3 rings (SSSR count). The van der Waals surface area contributed by atoms with E-state index in [-0.39, 0.29) is 34.9 Å². The van der Waals surface area contributed by atoms with Gasteiger partial charge in [-0.3, -0.25) is 14.6 Å². The highest BCUT2D eigenvalue weighted by Crippen LogP contribution is 2.23. The molecular formula is C19H21N3O4S. The second kappa shape index (κ2) is 7.48. The molecule has 1 fully saturated rings. The van der Waals surface area contributed by atoms with Crippen molar-refractivity contribution >= 4 is 32.9 Å². The summed E-state index contributed by atoms with van der Waals surface area (Å²) in [5.41, 5.74) is 2.11. The van der Waals surface area contributed by atoms with Crippen molar-refractivity contribution in [2.45, 2.75) is 19.4 Å². The Morgan fingerprint density at radius 1 is 1.19 bits per heavy atom. The third-order valence-corrected chi connectivity index (χ3v) is 6.44. The summed E-state index contributed by atoms with van der Waals surface area (Å²) in [6, 6.07) is 9.91. The minimum Gasteiger partial charge on any atom is -0.370 e. The van der Waals surface area contributed by atoms with Crippen LogP contribution in [0.5, 0.6) is 0 Å². The highest BCUT2D eigenvalue weighted by atomic mass is 32.2. The number of sulfone groups is 1. The minimum absolute atomic E-state index is 0.0424. The molecule has 1 aliphatic rings. The van der Waals surface area contributed by atoms with Gasteiger partial charge in [0.1, 0.15) is 5.69 Å². The van der Waals surface area contributed by atoms with Gasteiger partial charge in [0.05, 0.1) is 11.5 Å². The van der Waals surface area contributed by atoms with Gasteiger partial charge in [-0.2, -0.15) is 0 Å². The van der Waals surface area contributed by atoms with E-state index in [0.717, 1.165) is 5.69 Å². The molecule has 1 amide bonds. The van der Waals surface area contributed by atoms with E-state index in [0.29, 0.717) is 17.7 Å². The SMILES string of the molecule is CC(=O)c1ccc(NC(=O)c2cc(N(C)C3CCS(=O)(=O)C3)ccn2)cc1. The van der Waals surface area contributed by atoms with E-state index in [9.17, 15) is 18.0 Å². The first-order chi connectivity index (χ1) is 12.7. The van der Waals surface area contributed by atoms with E-state index < -0.39 is 9.84 Å². The molecular weight excluding hydrogens is 366 g/mol. The fourth-order valence-electron chi connectivity index (χ4n) is 3.04. The van der Waals surface area contributed by atoms with Crippen molar-refractivity contribution in [3.63, 3.8) is 0 Å². The summed E-state index contributed by atoms with van der Waals surface area (Å²) >= 11 is 0. The second-order valence-corrected chi connectivity index (χ2v) is 8.88. The van der Waals surface area contributed by atoms with Crippen LogP contribution in [0, 0.1) is 0 Å². The zero-order valence-electron chi connectivity index (χ0n) is 15.2. The molecule has 1 saturated heterocycles. The number of carbonyl (C=O) groups is 2. The average Bonchev–Trinajstić information content (AvgIpc) is 3.01. The monoisotopic (exact) mass is 387 g/mol. The minimum atomic E-state index is -2.99. The molecule has 1 unspecified atom stereocenters. The molecule has 2 aromatic rings. The Balaban J connectivity index is 1.72. The molecule has 7 nitrogen and oxygen atoms in total. The third-order valence-electron chi connectivity index (χ3n) is 4.69. The zero-order chi connectivity index (χ0) is 19.6. The Morgan fingerprint density at radius 2 is 1.89 bits per heavy atom. The first-order valence-electron chi connectivity index (χ1n) is 8.57. The molecule has 142 valence electrons. The molecule has 2 heterocycles. The largest absolute Gasteiger partial charge is 0.370 e. The zero-order valence-corrected chi connectivity index (χ0v) is 16.0. The summed E-state index contributed by atoms with van der Waals surface area (Å²) in [6.07, 6.45) is 2.11. The Morgan fingerprint density at radius 3 is 2.48 bits per heavy atom. The number of carbonyl (C=O) groups excluding carboxylic acids is 2. The first-order valence-corrected chi connectivity index (χ1v) is 10.4. The Labute approximate surface area is 158 Å². The summed E-state index contributed by atoms with van der Waals surface area (Å²) in [4.78, 5) is 29.8. The summed E-state index contributed by atoms with van der Waals surface area (Å²) in [5.74, 6) is -0.105. The molecule has 1 N–H and O–H groups in total. The Kier molecular flexibility index (Phi) is 5.27. The van der Waals surface area contributed by atoms with Gasteiger partial charge in [-0.1, -0.05) is 0 Å². The molecule has 1 atom stereocenters. The normalized spacial score (nSPS) is 18.1. The highest BCUT2D eigenvalue weighted by molar-refractivity contribution is 7.91. The van der Waals surface area contributed by atoms with Crippen molar-refractivity contribution < 1.29 is 18.0 Å². The van der Waals surface area contributed by atoms with Crippen LogP contribution in [0.4, 0.5) is 11.4 Å². The molecule has 27 heavy (non-hydrogen) atoms. The molecule has 0 saturated carbocycles. The number of anilines is 2. The van der Waals surface area contributed by atoms with E-state index >= 15 is 0 Å². The van der Waals surface area contributed by atoms with Gasteiger partial charge < -0.3 is 10.2 Å². The van der Waals surface area contributed by atoms with Crippen LogP contribution in [-0.4, -0.2) is 49.7 Å². The van der Waals surface area contributed by atoms with Crippen molar-refractivity contribution in [3.05, 3.63) is 53.9 Å². The van der Waals surface area contributed by atoms with E-state index in [1.807, 2.05) is 11.9 Å². The van der Waals surface area contributed by atoms with E-state index in [4.69, 9.17) is 0 Å². The molecule has 1 aromatic carbocycles. The van der Waals surface area contributed by atoms with Crippen molar-refractivity contribution in [3.8, 4) is 0 Å². The quantitative estimate of drug-likeness (QED) is 0.790. The molecule has 0 aliphatic carbocycles. The summed E-state index contributed by atoms with van der Waals surface area (Å²) in [6.45, 7) is 1.48. The lowest BCUT2D eigenvalue weighted by Crippen LogP contribution is -2.32. The van der Waals surface area contributed by atoms with Gasteiger partial charge in [0.15, 0.2) is 15.6 Å². The number of nitrogens with one attached hydrogen (secondary N) is 1. The summed E-state index contributed by atoms with van der Waals surface area (Å²) in [5, 5.41) is 2.75. The maximum atomic E-state index is 12.5. The molecule has 0 radical (unpaired) electrons. The third kappa shape index (κ3) is 4.51. The molecule has 0 bridgehead atoms. The lowest BCUT2D eigenvalue weighted by atomic mass is 10.1. The van der Waals surface area contributed by atoms with Gasteiger partial charge in [0, 0.05) is 36.2 Å². The van der Waals surface area contributed by atoms with Crippen molar-refractivity contribution in [2.75, 3.05) is 28.8 Å². The number of aromatic nitrogens is 1. The molecule has 8 heteroatoms. The number of Topliss-reactive ketones (excluding diaryl/α,β-unsaturated/α-hetero) is 1. The average molecular weight is 387 g/mol. The van der Waals surface area contributed by atoms with Crippen LogP contribution < -0.4 is 10.2 Å². The summed E-state index contributed by atoms with van der Waals surface area (Å²) in [7, 11) is -1.16. The van der Waals surface area contributed by atoms with E-state index in [1.165, 1.54) is 13.1 Å². The van der Waals surface area contributed by atoms with Crippen LogP contribution in [0.1, 0.15) is 34.2 Å². The topological polar surface area (TPSA) is 96.4 Å². The Hall–Kier alpha value is -2.74. The van der Waals surface area contributed by atoms with Gasteiger partial charge in [-0.25, -0.2) is 8.42 Å². The van der Waals surface area contributed by atoms with E-state index in [2.05, 4.69) is 10.3 Å². The maximum Gasteiger partial charge on any atom is 0.274 e. The number of hydrogen-bond acceptors (Lipinski definition) is 6. The number of hydrogen-bond donors (Lipinski definition) is 1. The molecule has 1 aromatic heterocycles. The van der Waals surface area contributed by atoms with Crippen molar-refractivity contribution in [2.24, 2.45) is 0 Å². The van der Waals surface area contributed by atoms with Gasteiger partial charge in [-0.05, 0) is 49.7 Å². The number of nitrogens with zero attached hydrogens (tertiary/aromatic N) is 2. The van der Waals surface area contributed by atoms with Crippen LogP contribution in [-0.2, 0) is 9.84 Å². The lowest BCUT2D eigenvalue weighted by Gasteiger charge is -2.25. The Bertz CT molecular complexity index is 971. The second-order valence-electron chi connectivity index (χ2n) is 6.65. The first kappa shape index (κ1) is 19.0. The smallest absolute Gasteiger partial charge is 0.274 e. The van der Waals surface area contributed by atoms with Gasteiger partial charge in [0.2, 0.25) is 0 Å². The fourth-order valence-corrected chi connectivity index (χ4v) is 4.81. The van der Waals surface area contributed by atoms with Crippen LogP contribution >= 0.6 is 0 Å². The van der Waals surface area contributed by atoms with E-state index in [1.54, 1.807) is 36.4 Å². The number of benzene rings is 1. The fraction of sp³-hybridized carbons (Fsp3) is 0.316. The maximum absolute atomic E-state index is 12.5. The predicted octanol–water partition coefficient (Wildman–Crippen LogP) is 2.16. The molecule has 0 spiro atoms. The number of amides is 1. The highest BCUT2D eigenvalue weighted by Gasteiger charge is 2.31. The number of pyridine rings is 1. The number of rotatable bonds is 5. The summed E-state index contributed by atoms with van der Waals surface area (Å²) < 4.78 is 23.4. The van der Waals surface area contributed by atoms with Crippen LogP contribution in [0.25, 0.3) is 0 Å². The number of ketones is 1. The van der Waals surface area contributed by atoms with Gasteiger partial charge >= 0.3 is 0 Å². The van der Waals surface area contributed by atoms with Crippen LogP contribution in [0.3, 0.4) is 0 Å². The van der Waals surface area contributed by atoms with Crippen molar-refractivity contribution in [1.82, 2.24) is 4.98 Å². The van der Waals surface area contributed by atoms with Crippen molar-refractivity contribution in [1.29, 1.82) is 0 Å². The van der Waals surface area contributed by atoms with Crippen LogP contribution in [0.15, 0.2) is 42.6 Å². The van der Waals surface area contributed by atoms with Gasteiger partial charge in [-0.15, -0.1) is 0 Å². The molecule has 1 aliphatic heterocycles.